The number of piperidine rings is 1. The van der Waals surface area contributed by atoms with Crippen molar-refractivity contribution in [2.45, 2.75) is 26.7 Å². The van der Waals surface area contributed by atoms with E-state index in [1.807, 2.05) is 29.2 Å². The number of aromatic nitrogens is 2. The first kappa shape index (κ1) is 16.9. The van der Waals surface area contributed by atoms with Gasteiger partial charge in [0.05, 0.1) is 0 Å². The molecule has 1 aliphatic rings. The van der Waals surface area contributed by atoms with Gasteiger partial charge in [-0.05, 0) is 43.9 Å². The van der Waals surface area contributed by atoms with Crippen LogP contribution in [0.3, 0.4) is 0 Å². The van der Waals surface area contributed by atoms with Gasteiger partial charge in [-0.1, -0.05) is 28.9 Å². The minimum absolute atomic E-state index is 0.00954. The van der Waals surface area contributed by atoms with E-state index in [1.54, 1.807) is 13.0 Å². The molecule has 0 unspecified atom stereocenters. The van der Waals surface area contributed by atoms with Crippen LogP contribution < -0.4 is 5.32 Å². The maximum atomic E-state index is 12.7. The van der Waals surface area contributed by atoms with Crippen LogP contribution in [0.25, 0.3) is 0 Å². The van der Waals surface area contributed by atoms with Crippen molar-refractivity contribution in [1.29, 1.82) is 0 Å². The second-order valence-electron chi connectivity index (χ2n) is 6.30. The molecule has 1 aromatic carbocycles. The summed E-state index contributed by atoms with van der Waals surface area (Å²) in [5, 5.41) is 3.24. The lowest BCUT2D eigenvalue weighted by Gasteiger charge is -2.30. The molecule has 2 aromatic rings. The van der Waals surface area contributed by atoms with E-state index in [-0.39, 0.29) is 5.91 Å². The van der Waals surface area contributed by atoms with E-state index >= 15 is 0 Å². The number of hydrogen-bond donors (Lipinski definition) is 1. The molecule has 0 spiro atoms. The van der Waals surface area contributed by atoms with Crippen LogP contribution in [-0.2, 0) is 0 Å². The van der Waals surface area contributed by atoms with Gasteiger partial charge in [-0.3, -0.25) is 4.79 Å². The third-order valence-electron chi connectivity index (χ3n) is 4.22. The Morgan fingerprint density at radius 3 is 2.71 bits per heavy atom. The molecule has 3 rings (SSSR count). The minimum Gasteiger partial charge on any atom is -0.340 e. The molecule has 1 fully saturated rings. The van der Waals surface area contributed by atoms with Gasteiger partial charge in [-0.15, -0.1) is 0 Å². The van der Waals surface area contributed by atoms with Gasteiger partial charge in [0.2, 0.25) is 0 Å². The maximum Gasteiger partial charge on any atom is 0.272 e. The third-order valence-corrected chi connectivity index (χ3v) is 4.72. The quantitative estimate of drug-likeness (QED) is 0.857. The van der Waals surface area contributed by atoms with Crippen LogP contribution in [0, 0.1) is 12.8 Å². The summed E-state index contributed by atoms with van der Waals surface area (Å²) in [5.74, 6) is 1.90. The number of nitrogens with one attached hydrogen (secondary N) is 1. The first-order valence-electron chi connectivity index (χ1n) is 8.19. The molecule has 0 saturated carbocycles. The van der Waals surface area contributed by atoms with E-state index in [2.05, 4.69) is 38.1 Å². The highest BCUT2D eigenvalue weighted by atomic mass is 79.9. The molecule has 1 aromatic heterocycles. The number of rotatable bonds is 3. The third kappa shape index (κ3) is 4.12. The van der Waals surface area contributed by atoms with Crippen LogP contribution in [-0.4, -0.2) is 33.9 Å². The summed E-state index contributed by atoms with van der Waals surface area (Å²) in [6.45, 7) is 5.65. The van der Waals surface area contributed by atoms with E-state index in [0.29, 0.717) is 23.3 Å². The average molecular weight is 389 g/mol. The van der Waals surface area contributed by atoms with E-state index in [1.165, 1.54) is 0 Å². The number of benzene rings is 1. The van der Waals surface area contributed by atoms with Gasteiger partial charge in [0.15, 0.2) is 0 Å². The van der Waals surface area contributed by atoms with Crippen LogP contribution in [0.5, 0.6) is 0 Å². The number of anilines is 2. The van der Waals surface area contributed by atoms with Gasteiger partial charge < -0.3 is 10.2 Å². The lowest BCUT2D eigenvalue weighted by molar-refractivity contribution is 0.0691. The van der Waals surface area contributed by atoms with Gasteiger partial charge in [0.25, 0.3) is 5.91 Å². The fourth-order valence-corrected chi connectivity index (χ4v) is 3.23. The molecule has 0 aliphatic carbocycles. The molecule has 24 heavy (non-hydrogen) atoms. The molecule has 0 atom stereocenters. The fourth-order valence-electron chi connectivity index (χ4n) is 2.83. The van der Waals surface area contributed by atoms with Crippen molar-refractivity contribution >= 4 is 33.3 Å². The first-order valence-corrected chi connectivity index (χ1v) is 8.98. The molecule has 0 radical (unpaired) electrons. The predicted octanol–water partition coefficient (Wildman–Crippen LogP) is 4.16. The van der Waals surface area contributed by atoms with Crippen LogP contribution in [0.4, 0.5) is 11.5 Å². The van der Waals surface area contributed by atoms with Crippen molar-refractivity contribution in [2.75, 3.05) is 18.4 Å². The highest BCUT2D eigenvalue weighted by Gasteiger charge is 2.23. The highest BCUT2D eigenvalue weighted by molar-refractivity contribution is 9.10. The Balaban J connectivity index is 1.79. The molecule has 0 bridgehead atoms. The van der Waals surface area contributed by atoms with Gasteiger partial charge in [-0.25, -0.2) is 9.97 Å². The summed E-state index contributed by atoms with van der Waals surface area (Å²) < 4.78 is 0.983. The van der Waals surface area contributed by atoms with Crippen molar-refractivity contribution < 1.29 is 4.79 Å². The number of likely N-dealkylation sites (tertiary alicyclic amines) is 1. The number of halogens is 1. The second kappa shape index (κ2) is 7.30. The summed E-state index contributed by atoms with van der Waals surface area (Å²) in [7, 11) is 0. The van der Waals surface area contributed by atoms with Crippen molar-refractivity contribution in [2.24, 2.45) is 5.92 Å². The molecule has 6 heteroatoms. The Labute approximate surface area is 150 Å². The first-order chi connectivity index (χ1) is 11.5. The molecule has 1 amide bonds. The van der Waals surface area contributed by atoms with Gasteiger partial charge in [0.1, 0.15) is 17.3 Å². The summed E-state index contributed by atoms with van der Waals surface area (Å²) in [6, 6.07) is 9.55. The van der Waals surface area contributed by atoms with Gasteiger partial charge in [0, 0.05) is 29.3 Å². The number of aryl methyl sites for hydroxylation is 1. The largest absolute Gasteiger partial charge is 0.340 e. The van der Waals surface area contributed by atoms with Crippen LogP contribution in [0.1, 0.15) is 36.1 Å². The zero-order valence-corrected chi connectivity index (χ0v) is 15.5. The summed E-state index contributed by atoms with van der Waals surface area (Å²) in [4.78, 5) is 23.3. The van der Waals surface area contributed by atoms with Crippen molar-refractivity contribution in [3.8, 4) is 0 Å². The molecular weight excluding hydrogens is 368 g/mol. The monoisotopic (exact) mass is 388 g/mol. The molecule has 1 aliphatic heterocycles. The van der Waals surface area contributed by atoms with Crippen LogP contribution in [0.2, 0.25) is 0 Å². The normalized spacial score (nSPS) is 15.4. The van der Waals surface area contributed by atoms with Crippen LogP contribution in [0.15, 0.2) is 34.8 Å². The number of carbonyl (C=O) groups excluding carboxylic acids is 1. The van der Waals surface area contributed by atoms with Crippen molar-refractivity contribution in [3.63, 3.8) is 0 Å². The van der Waals surface area contributed by atoms with E-state index in [4.69, 9.17) is 0 Å². The molecule has 1 N–H and O–H groups in total. The molecular formula is C18H21BrN4O. The Morgan fingerprint density at radius 1 is 1.25 bits per heavy atom. The van der Waals surface area contributed by atoms with Crippen molar-refractivity contribution in [1.82, 2.24) is 14.9 Å². The zero-order chi connectivity index (χ0) is 17.1. The van der Waals surface area contributed by atoms with E-state index < -0.39 is 0 Å². The van der Waals surface area contributed by atoms with Gasteiger partial charge in [-0.2, -0.15) is 0 Å². The zero-order valence-electron chi connectivity index (χ0n) is 13.9. The van der Waals surface area contributed by atoms with Gasteiger partial charge >= 0.3 is 0 Å². The predicted molar refractivity (Wildman–Crippen MR) is 98.5 cm³/mol. The standard InChI is InChI=1S/C18H21BrN4O/c1-12-6-8-23(9-7-12)18(24)16-11-17(21-13(2)20-16)22-15-5-3-4-14(19)10-15/h3-5,10-12H,6-9H2,1-2H3,(H,20,21,22). The highest BCUT2D eigenvalue weighted by Crippen LogP contribution is 2.21. The molecule has 5 nitrogen and oxygen atoms in total. The number of nitrogens with zero attached hydrogens (tertiary/aromatic N) is 3. The Bertz CT molecular complexity index is 742. The molecule has 126 valence electrons. The maximum absolute atomic E-state index is 12.7. The fraction of sp³-hybridized carbons (Fsp3) is 0.389. The minimum atomic E-state index is -0.00954. The Kier molecular flexibility index (Phi) is 5.14. The van der Waals surface area contributed by atoms with E-state index in [0.717, 1.165) is 36.1 Å². The smallest absolute Gasteiger partial charge is 0.272 e. The van der Waals surface area contributed by atoms with Crippen LogP contribution >= 0.6 is 15.9 Å². The molecule has 2 heterocycles. The SMILES string of the molecule is Cc1nc(Nc2cccc(Br)c2)cc(C(=O)N2CCC(C)CC2)n1. The summed E-state index contributed by atoms with van der Waals surface area (Å²) >= 11 is 3.45. The second-order valence-corrected chi connectivity index (χ2v) is 7.21. The Morgan fingerprint density at radius 2 is 2.00 bits per heavy atom. The summed E-state index contributed by atoms with van der Waals surface area (Å²) in [5.41, 5.74) is 1.36. The average Bonchev–Trinajstić information content (AvgIpc) is 2.54. The van der Waals surface area contributed by atoms with E-state index in [9.17, 15) is 4.79 Å². The topological polar surface area (TPSA) is 58.1 Å². The lowest BCUT2D eigenvalue weighted by Crippen LogP contribution is -2.38. The summed E-state index contributed by atoms with van der Waals surface area (Å²) in [6.07, 6.45) is 2.11. The Hall–Kier alpha value is -1.95. The lowest BCUT2D eigenvalue weighted by atomic mass is 9.99. The molecule has 1 saturated heterocycles. The number of carbonyl (C=O) groups is 1. The number of amides is 1. The van der Waals surface area contributed by atoms with Crippen molar-refractivity contribution in [3.05, 3.63) is 46.3 Å². The number of hydrogen-bond acceptors (Lipinski definition) is 4.